The van der Waals surface area contributed by atoms with E-state index in [9.17, 15) is 10.1 Å². The molecule has 1 aromatic rings. The number of H-pyrrole nitrogens is 1. The third-order valence-electron chi connectivity index (χ3n) is 6.30. The summed E-state index contributed by atoms with van der Waals surface area (Å²) in [5.41, 5.74) is 2.26. The predicted molar refractivity (Wildman–Crippen MR) is 125 cm³/mol. The second-order valence-electron chi connectivity index (χ2n) is 8.32. The Morgan fingerprint density at radius 1 is 1.48 bits per heavy atom. The average molecular weight is 421 g/mol. The number of aliphatic imine (C=N–C) groups is 2. The number of nitriles is 1. The molecule has 3 rings (SSSR count). The van der Waals surface area contributed by atoms with Gasteiger partial charge in [0, 0.05) is 37.0 Å². The number of anilines is 1. The third-order valence-corrected chi connectivity index (χ3v) is 6.30. The number of allylic oxidation sites excluding steroid dienone is 3. The highest BCUT2D eigenvalue weighted by Gasteiger charge is 2.33. The van der Waals surface area contributed by atoms with Crippen molar-refractivity contribution in [2.75, 3.05) is 18.0 Å². The summed E-state index contributed by atoms with van der Waals surface area (Å²) in [6.07, 6.45) is 11.5. The summed E-state index contributed by atoms with van der Waals surface area (Å²) in [4.78, 5) is 25.1. The number of piperidine rings is 1. The molecular formula is C24H32N6O. The fourth-order valence-electron chi connectivity index (χ4n) is 4.26. The maximum Gasteiger partial charge on any atom is 0.173 e. The first kappa shape index (κ1) is 22.7. The number of Topliss-reactive ketones (excluding diaryl/α,β-unsaturated/α-hetero) is 1. The number of ketones is 1. The standard InChI is InChI=1S/C24H32N6O/c1-5-7-10-26-22-16(3)17(4)27-13-21(22)23(31)19(6-2)20-14-28-29-24(20)30-11-8-9-18(12-25)15-30/h5,7,10,13-14,16-19H,6,8-9,11,15H2,1-4H3,(H,28,29)/b7-5-,26-10?. The third kappa shape index (κ3) is 4.84. The van der Waals surface area contributed by atoms with Crippen LogP contribution in [0.2, 0.25) is 0 Å². The zero-order valence-corrected chi connectivity index (χ0v) is 18.9. The fraction of sp³-hybridized carbons (Fsp3) is 0.542. The van der Waals surface area contributed by atoms with Gasteiger partial charge in [-0.3, -0.25) is 19.9 Å². The molecular weight excluding hydrogens is 388 g/mol. The average Bonchev–Trinajstić information content (AvgIpc) is 3.27. The second-order valence-corrected chi connectivity index (χ2v) is 8.32. The molecule has 0 aromatic carbocycles. The van der Waals surface area contributed by atoms with Crippen LogP contribution in [-0.4, -0.2) is 47.5 Å². The van der Waals surface area contributed by atoms with Gasteiger partial charge in [-0.15, -0.1) is 0 Å². The number of aromatic amines is 1. The second kappa shape index (κ2) is 10.3. The smallest absolute Gasteiger partial charge is 0.173 e. The first-order valence-corrected chi connectivity index (χ1v) is 11.2. The quantitative estimate of drug-likeness (QED) is 0.668. The van der Waals surface area contributed by atoms with Crippen LogP contribution in [0.15, 0.2) is 39.6 Å². The highest BCUT2D eigenvalue weighted by Crippen LogP contribution is 2.35. The van der Waals surface area contributed by atoms with Crippen molar-refractivity contribution in [2.24, 2.45) is 21.8 Å². The Hall–Kier alpha value is -3.01. The molecule has 164 valence electrons. The zero-order chi connectivity index (χ0) is 22.4. The van der Waals surface area contributed by atoms with Crippen LogP contribution in [0, 0.1) is 23.2 Å². The molecule has 3 heterocycles. The van der Waals surface area contributed by atoms with Gasteiger partial charge in [0.25, 0.3) is 0 Å². The minimum atomic E-state index is -0.342. The topological polar surface area (TPSA) is 97.5 Å². The molecule has 1 N–H and O–H groups in total. The van der Waals surface area contributed by atoms with Gasteiger partial charge in [0.2, 0.25) is 0 Å². The van der Waals surface area contributed by atoms with Gasteiger partial charge in [0.05, 0.1) is 41.4 Å². The first-order chi connectivity index (χ1) is 15.0. The number of hydrogen-bond acceptors (Lipinski definition) is 6. The molecule has 0 bridgehead atoms. The highest BCUT2D eigenvalue weighted by atomic mass is 16.1. The molecule has 0 saturated carbocycles. The van der Waals surface area contributed by atoms with Gasteiger partial charge in [0.1, 0.15) is 5.82 Å². The molecule has 0 amide bonds. The van der Waals surface area contributed by atoms with Crippen molar-refractivity contribution < 1.29 is 4.79 Å². The normalized spacial score (nSPS) is 25.4. The van der Waals surface area contributed by atoms with E-state index in [1.54, 1.807) is 18.6 Å². The van der Waals surface area contributed by atoms with Crippen LogP contribution in [0.3, 0.4) is 0 Å². The van der Waals surface area contributed by atoms with Crippen LogP contribution in [-0.2, 0) is 4.79 Å². The maximum absolute atomic E-state index is 13.7. The van der Waals surface area contributed by atoms with E-state index in [2.05, 4.69) is 38.1 Å². The zero-order valence-electron chi connectivity index (χ0n) is 18.9. The van der Waals surface area contributed by atoms with E-state index in [1.165, 1.54) is 0 Å². The minimum absolute atomic E-state index is 0.00348. The van der Waals surface area contributed by atoms with Gasteiger partial charge in [-0.05, 0) is 39.2 Å². The molecule has 4 atom stereocenters. The van der Waals surface area contributed by atoms with Crippen molar-refractivity contribution in [3.8, 4) is 6.07 Å². The highest BCUT2D eigenvalue weighted by molar-refractivity contribution is 6.17. The van der Waals surface area contributed by atoms with E-state index in [1.807, 2.05) is 32.9 Å². The lowest BCUT2D eigenvalue weighted by atomic mass is 9.84. The number of nitrogens with one attached hydrogen (secondary N) is 1. The van der Waals surface area contributed by atoms with Crippen molar-refractivity contribution in [3.05, 3.63) is 35.2 Å². The molecule has 7 nitrogen and oxygen atoms in total. The van der Waals surface area contributed by atoms with Gasteiger partial charge in [0.15, 0.2) is 5.78 Å². The van der Waals surface area contributed by atoms with Crippen LogP contribution in [0.25, 0.3) is 0 Å². The lowest BCUT2D eigenvalue weighted by Crippen LogP contribution is -2.36. The molecule has 4 unspecified atom stereocenters. The number of hydrogen-bond donors (Lipinski definition) is 1. The van der Waals surface area contributed by atoms with Gasteiger partial charge in [-0.25, -0.2) is 0 Å². The van der Waals surface area contributed by atoms with E-state index in [0.29, 0.717) is 18.5 Å². The number of carbonyl (C=O) groups excluding carboxylic acids is 1. The summed E-state index contributed by atoms with van der Waals surface area (Å²) in [7, 11) is 0. The Kier molecular flexibility index (Phi) is 7.56. The molecule has 0 spiro atoms. The van der Waals surface area contributed by atoms with Crippen LogP contribution in [0.1, 0.15) is 58.4 Å². The summed E-state index contributed by atoms with van der Waals surface area (Å²) in [5, 5.41) is 16.7. The van der Waals surface area contributed by atoms with E-state index >= 15 is 0 Å². The molecule has 0 radical (unpaired) electrons. The Morgan fingerprint density at radius 3 is 3.00 bits per heavy atom. The maximum atomic E-state index is 13.7. The Bertz CT molecular complexity index is 948. The fourth-order valence-corrected chi connectivity index (χ4v) is 4.26. The van der Waals surface area contributed by atoms with Crippen LogP contribution in [0.5, 0.6) is 0 Å². The van der Waals surface area contributed by atoms with Crippen LogP contribution >= 0.6 is 0 Å². The van der Waals surface area contributed by atoms with Crippen molar-refractivity contribution in [3.63, 3.8) is 0 Å². The summed E-state index contributed by atoms with van der Waals surface area (Å²) in [6.45, 7) is 9.58. The van der Waals surface area contributed by atoms with E-state index in [0.717, 1.165) is 36.5 Å². The van der Waals surface area contributed by atoms with Crippen molar-refractivity contribution in [2.45, 2.75) is 58.9 Å². The Labute approximate surface area is 184 Å². The largest absolute Gasteiger partial charge is 0.355 e. The van der Waals surface area contributed by atoms with Gasteiger partial charge in [-0.2, -0.15) is 10.4 Å². The van der Waals surface area contributed by atoms with Crippen LogP contribution < -0.4 is 4.90 Å². The molecule has 1 fully saturated rings. The number of rotatable bonds is 7. The van der Waals surface area contributed by atoms with Crippen LogP contribution in [0.4, 0.5) is 5.82 Å². The summed E-state index contributed by atoms with van der Waals surface area (Å²) in [5.74, 6) is 0.599. The van der Waals surface area contributed by atoms with Crippen molar-refractivity contribution in [1.29, 1.82) is 5.26 Å². The van der Waals surface area contributed by atoms with E-state index in [-0.39, 0.29) is 29.6 Å². The van der Waals surface area contributed by atoms with Gasteiger partial charge < -0.3 is 4.90 Å². The monoisotopic (exact) mass is 420 g/mol. The predicted octanol–water partition coefficient (Wildman–Crippen LogP) is 4.22. The molecule has 1 saturated heterocycles. The lowest BCUT2D eigenvalue weighted by Gasteiger charge is -2.32. The van der Waals surface area contributed by atoms with E-state index in [4.69, 9.17) is 0 Å². The molecule has 0 aliphatic carbocycles. The molecule has 7 heteroatoms. The molecule has 2 aliphatic heterocycles. The number of dihydropyridines is 1. The van der Waals surface area contributed by atoms with E-state index < -0.39 is 0 Å². The number of carbonyl (C=O) groups is 1. The van der Waals surface area contributed by atoms with Gasteiger partial charge >= 0.3 is 0 Å². The minimum Gasteiger partial charge on any atom is -0.355 e. The molecule has 31 heavy (non-hydrogen) atoms. The molecule has 1 aromatic heterocycles. The van der Waals surface area contributed by atoms with Crippen molar-refractivity contribution >= 4 is 24.0 Å². The number of aromatic nitrogens is 2. The first-order valence-electron chi connectivity index (χ1n) is 11.2. The van der Waals surface area contributed by atoms with Gasteiger partial charge in [-0.1, -0.05) is 19.9 Å². The Balaban J connectivity index is 1.96. The summed E-state index contributed by atoms with van der Waals surface area (Å²) < 4.78 is 0. The number of nitrogens with zero attached hydrogens (tertiary/aromatic N) is 5. The SMILES string of the molecule is C/C=C\C=NC1=C(C(=O)C(CC)c2cn[nH]c2N2CCCC(C#N)C2)C=NC(C)C1C. The lowest BCUT2D eigenvalue weighted by molar-refractivity contribution is -0.116. The van der Waals surface area contributed by atoms with Crippen molar-refractivity contribution in [1.82, 2.24) is 10.2 Å². The summed E-state index contributed by atoms with van der Waals surface area (Å²) in [6, 6.07) is 2.46. The molecule has 2 aliphatic rings. The Morgan fingerprint density at radius 2 is 2.29 bits per heavy atom. The summed E-state index contributed by atoms with van der Waals surface area (Å²) >= 11 is 0.